The molecule has 0 bridgehead atoms. The van der Waals surface area contributed by atoms with Crippen LogP contribution in [-0.2, 0) is 32.6 Å². The maximum atomic E-state index is 15.0. The van der Waals surface area contributed by atoms with Crippen LogP contribution in [0.5, 0.6) is 0 Å². The first-order valence-electron chi connectivity index (χ1n) is 14.5. The van der Waals surface area contributed by atoms with Gasteiger partial charge in [0.2, 0.25) is 11.8 Å². The predicted octanol–water partition coefficient (Wildman–Crippen LogP) is 6.88. The number of unbranched alkanes of at least 4 members (excludes halogenated alkanes) is 1. The third-order valence-electron chi connectivity index (χ3n) is 7.21. The first-order chi connectivity index (χ1) is 21.6. The first-order valence-corrected chi connectivity index (χ1v) is 16.7. The number of rotatable bonds is 14. The summed E-state index contributed by atoms with van der Waals surface area (Å²) >= 11 is 12.8. The van der Waals surface area contributed by atoms with Crippen LogP contribution in [0.4, 0.5) is 10.1 Å². The van der Waals surface area contributed by atoms with Gasteiger partial charge in [0.1, 0.15) is 18.4 Å². The number of carbonyl (C=O) groups excluding carboxylic acids is 2. The van der Waals surface area contributed by atoms with Crippen LogP contribution < -0.4 is 9.62 Å². The molecule has 4 aromatic carbocycles. The molecule has 0 aromatic heterocycles. The minimum atomic E-state index is -4.36. The summed E-state index contributed by atoms with van der Waals surface area (Å²) in [6.07, 6.45) is 1.68. The van der Waals surface area contributed by atoms with Crippen LogP contribution in [0.3, 0.4) is 0 Å². The maximum absolute atomic E-state index is 15.0. The lowest BCUT2D eigenvalue weighted by Gasteiger charge is -2.34. The molecule has 4 rings (SSSR count). The zero-order chi connectivity index (χ0) is 32.4. The topological polar surface area (TPSA) is 86.8 Å². The number of nitrogens with one attached hydrogen (secondary N) is 1. The summed E-state index contributed by atoms with van der Waals surface area (Å²) in [5, 5.41) is 2.93. The van der Waals surface area contributed by atoms with Gasteiger partial charge in [-0.25, -0.2) is 12.8 Å². The Morgan fingerprint density at radius 2 is 1.51 bits per heavy atom. The largest absolute Gasteiger partial charge is 0.354 e. The van der Waals surface area contributed by atoms with Gasteiger partial charge in [-0.15, -0.1) is 0 Å². The van der Waals surface area contributed by atoms with E-state index >= 15 is 4.39 Å². The van der Waals surface area contributed by atoms with E-state index in [0.29, 0.717) is 6.54 Å². The molecule has 11 heteroatoms. The molecule has 0 saturated carbocycles. The molecule has 0 aliphatic carbocycles. The number of nitrogens with zero attached hydrogens (tertiary/aromatic N) is 2. The zero-order valence-corrected chi connectivity index (χ0v) is 27.0. The average Bonchev–Trinajstić information content (AvgIpc) is 3.04. The fourth-order valence-electron chi connectivity index (χ4n) is 4.79. The summed E-state index contributed by atoms with van der Waals surface area (Å²) in [6.45, 7) is 1.35. The van der Waals surface area contributed by atoms with Crippen LogP contribution in [0.25, 0.3) is 0 Å². The molecular weight excluding hydrogens is 636 g/mol. The highest BCUT2D eigenvalue weighted by atomic mass is 35.5. The summed E-state index contributed by atoms with van der Waals surface area (Å²) in [5.74, 6) is -1.73. The molecule has 0 aliphatic rings. The second kappa shape index (κ2) is 15.9. The number of hydrogen-bond donors (Lipinski definition) is 1. The Morgan fingerprint density at radius 3 is 2.18 bits per heavy atom. The minimum Gasteiger partial charge on any atom is -0.354 e. The van der Waals surface area contributed by atoms with Crippen LogP contribution >= 0.6 is 23.2 Å². The molecule has 0 unspecified atom stereocenters. The Morgan fingerprint density at radius 1 is 0.867 bits per heavy atom. The van der Waals surface area contributed by atoms with Gasteiger partial charge in [-0.3, -0.25) is 13.9 Å². The van der Waals surface area contributed by atoms with Gasteiger partial charge in [-0.1, -0.05) is 109 Å². The van der Waals surface area contributed by atoms with E-state index in [2.05, 4.69) is 5.32 Å². The van der Waals surface area contributed by atoms with Crippen LogP contribution in [0.15, 0.2) is 108 Å². The standard InChI is InChI=1S/C34H34Cl2FN3O4S/c1-2-3-21-38-34(42)31(22-25-13-6-4-7-14-25)39(23-26-15-10-11-19-29(26)37)32(41)24-40(30-20-12-18-28(35)33(30)36)45(43,44)27-16-8-5-9-17-27/h4-20,31H,2-3,21-24H2,1H3,(H,38,42)/t31-/m0/s1. The van der Waals surface area contributed by atoms with Gasteiger partial charge in [0.25, 0.3) is 10.0 Å². The molecule has 45 heavy (non-hydrogen) atoms. The third-order valence-corrected chi connectivity index (χ3v) is 9.79. The van der Waals surface area contributed by atoms with E-state index < -0.39 is 40.2 Å². The Bertz CT molecular complexity index is 1710. The van der Waals surface area contributed by atoms with E-state index in [1.807, 2.05) is 37.3 Å². The van der Waals surface area contributed by atoms with E-state index in [9.17, 15) is 18.0 Å². The molecule has 1 atom stereocenters. The van der Waals surface area contributed by atoms with Crippen molar-refractivity contribution >= 4 is 50.7 Å². The van der Waals surface area contributed by atoms with Gasteiger partial charge in [-0.05, 0) is 42.3 Å². The maximum Gasteiger partial charge on any atom is 0.264 e. The van der Waals surface area contributed by atoms with Gasteiger partial charge >= 0.3 is 0 Å². The molecule has 0 spiro atoms. The Kier molecular flexibility index (Phi) is 12.0. The van der Waals surface area contributed by atoms with Gasteiger partial charge in [-0.2, -0.15) is 0 Å². The van der Waals surface area contributed by atoms with Crippen molar-refractivity contribution in [3.63, 3.8) is 0 Å². The van der Waals surface area contributed by atoms with Crippen LogP contribution in [0.2, 0.25) is 10.0 Å². The van der Waals surface area contributed by atoms with Crippen LogP contribution in [-0.4, -0.2) is 44.3 Å². The first kappa shape index (κ1) is 34.0. The normalized spacial score (nSPS) is 11.9. The predicted molar refractivity (Wildman–Crippen MR) is 176 cm³/mol. The highest BCUT2D eigenvalue weighted by Gasteiger charge is 2.35. The summed E-state index contributed by atoms with van der Waals surface area (Å²) in [5.41, 5.74) is 0.925. The average molecular weight is 671 g/mol. The highest BCUT2D eigenvalue weighted by molar-refractivity contribution is 7.92. The lowest BCUT2D eigenvalue weighted by Crippen LogP contribution is -2.53. The van der Waals surface area contributed by atoms with E-state index in [-0.39, 0.29) is 39.2 Å². The molecule has 0 aliphatic heterocycles. The van der Waals surface area contributed by atoms with Crippen molar-refractivity contribution in [2.45, 2.75) is 43.7 Å². The summed E-state index contributed by atoms with van der Waals surface area (Å²) in [6, 6.07) is 26.1. The molecule has 1 N–H and O–H groups in total. The zero-order valence-electron chi connectivity index (χ0n) is 24.7. The van der Waals surface area contributed by atoms with Crippen LogP contribution in [0, 0.1) is 5.82 Å². The minimum absolute atomic E-state index is 0.0146. The molecule has 2 amide bonds. The molecule has 4 aromatic rings. The van der Waals surface area contributed by atoms with Crippen molar-refractivity contribution < 1.29 is 22.4 Å². The van der Waals surface area contributed by atoms with Crippen molar-refractivity contribution in [2.24, 2.45) is 0 Å². The molecular formula is C34H34Cl2FN3O4S. The van der Waals surface area contributed by atoms with Crippen molar-refractivity contribution in [3.8, 4) is 0 Å². The van der Waals surface area contributed by atoms with E-state index in [0.717, 1.165) is 22.7 Å². The summed E-state index contributed by atoms with van der Waals surface area (Å²) in [4.78, 5) is 29.3. The second-order valence-electron chi connectivity index (χ2n) is 10.4. The number of carbonyl (C=O) groups is 2. The van der Waals surface area contributed by atoms with Crippen molar-refractivity contribution in [1.29, 1.82) is 0 Å². The third kappa shape index (κ3) is 8.63. The number of anilines is 1. The molecule has 0 fully saturated rings. The molecule has 0 radical (unpaired) electrons. The fraction of sp³-hybridized carbons (Fsp3) is 0.235. The fourth-order valence-corrected chi connectivity index (χ4v) is 6.68. The van der Waals surface area contributed by atoms with Gasteiger partial charge in [0.15, 0.2) is 0 Å². The van der Waals surface area contributed by atoms with Crippen molar-refractivity contribution in [1.82, 2.24) is 10.2 Å². The van der Waals surface area contributed by atoms with Crippen molar-refractivity contribution in [2.75, 3.05) is 17.4 Å². The molecule has 0 heterocycles. The number of hydrogen-bond acceptors (Lipinski definition) is 4. The molecule has 7 nitrogen and oxygen atoms in total. The lowest BCUT2D eigenvalue weighted by atomic mass is 10.0. The monoisotopic (exact) mass is 669 g/mol. The Labute approximate surface area is 273 Å². The summed E-state index contributed by atoms with van der Waals surface area (Å²) < 4.78 is 44.0. The van der Waals surface area contributed by atoms with E-state index in [1.54, 1.807) is 24.3 Å². The Balaban J connectivity index is 1.82. The van der Waals surface area contributed by atoms with Crippen LogP contribution in [0.1, 0.15) is 30.9 Å². The second-order valence-corrected chi connectivity index (χ2v) is 13.0. The smallest absolute Gasteiger partial charge is 0.264 e. The number of halogens is 3. The molecule has 0 saturated heterocycles. The lowest BCUT2D eigenvalue weighted by molar-refractivity contribution is -0.140. The number of amides is 2. The van der Waals surface area contributed by atoms with Crippen molar-refractivity contribution in [3.05, 3.63) is 130 Å². The Hall–Kier alpha value is -3.92. The highest BCUT2D eigenvalue weighted by Crippen LogP contribution is 2.35. The number of sulfonamides is 1. The molecule has 236 valence electrons. The van der Waals surface area contributed by atoms with Gasteiger partial charge in [0, 0.05) is 25.1 Å². The van der Waals surface area contributed by atoms with Gasteiger partial charge < -0.3 is 10.2 Å². The SMILES string of the molecule is CCCCNC(=O)[C@H](Cc1ccccc1)N(Cc1ccccc1F)C(=O)CN(c1cccc(Cl)c1Cl)S(=O)(=O)c1ccccc1. The van der Waals surface area contributed by atoms with E-state index in [4.69, 9.17) is 23.2 Å². The number of benzene rings is 4. The summed E-state index contributed by atoms with van der Waals surface area (Å²) in [7, 11) is -4.36. The van der Waals surface area contributed by atoms with Gasteiger partial charge in [0.05, 0.1) is 20.6 Å². The van der Waals surface area contributed by atoms with E-state index in [1.165, 1.54) is 53.4 Å². The quantitative estimate of drug-likeness (QED) is 0.148.